The number of primary amides is 1. The summed E-state index contributed by atoms with van der Waals surface area (Å²) in [5.74, 6) is -0.782. The first-order valence-electron chi connectivity index (χ1n) is 7.69. The van der Waals surface area contributed by atoms with Gasteiger partial charge in [-0.05, 0) is 54.8 Å². The molecule has 1 aromatic heterocycles. The number of carbonyl (C=O) groups is 1. The van der Waals surface area contributed by atoms with Gasteiger partial charge >= 0.3 is 0 Å². The number of aryl methyl sites for hydroxylation is 2. The number of nitrogens with one attached hydrogen (secondary N) is 1. The van der Waals surface area contributed by atoms with Crippen molar-refractivity contribution in [2.75, 3.05) is 5.73 Å². The fraction of sp³-hybridized carbons (Fsp3) is 0.111. The zero-order chi connectivity index (χ0) is 18.3. The van der Waals surface area contributed by atoms with Crippen LogP contribution in [0.4, 0.5) is 5.69 Å². The van der Waals surface area contributed by atoms with Crippen LogP contribution in [0.3, 0.4) is 0 Å². The van der Waals surface area contributed by atoms with Gasteiger partial charge < -0.3 is 22.9 Å². The molecule has 128 valence electrons. The Kier molecular flexibility index (Phi) is 3.84. The molecule has 0 fully saturated rings. The molecule has 7 heteroatoms. The Labute approximate surface area is 144 Å². The van der Waals surface area contributed by atoms with Crippen molar-refractivity contribution in [1.82, 2.24) is 10.2 Å². The number of hydrogen-bond acceptors (Lipinski definition) is 5. The summed E-state index contributed by atoms with van der Waals surface area (Å²) in [5, 5.41) is 8.03. The molecule has 1 amide bonds. The number of nitrogens with two attached hydrogens (primary N) is 4. The predicted molar refractivity (Wildman–Crippen MR) is 99.9 cm³/mol. The summed E-state index contributed by atoms with van der Waals surface area (Å²) in [6.45, 7) is 3.92. The molecule has 0 spiro atoms. The lowest BCUT2D eigenvalue weighted by Crippen LogP contribution is -2.24. The van der Waals surface area contributed by atoms with E-state index in [1.165, 1.54) is 0 Å². The third kappa shape index (κ3) is 2.76. The molecule has 9 N–H and O–H groups in total. The Morgan fingerprint density at radius 1 is 1.04 bits per heavy atom. The number of aromatic nitrogens is 2. The lowest BCUT2D eigenvalue weighted by Gasteiger charge is -2.16. The number of amides is 1. The average Bonchev–Trinajstić information content (AvgIpc) is 3.01. The van der Waals surface area contributed by atoms with E-state index in [1.54, 1.807) is 12.3 Å². The summed E-state index contributed by atoms with van der Waals surface area (Å²) in [6, 6.07) is 7.78. The quantitative estimate of drug-likeness (QED) is 0.363. The first-order chi connectivity index (χ1) is 11.8. The summed E-state index contributed by atoms with van der Waals surface area (Å²) in [4.78, 5) is 11.3. The molecular formula is C18H20N6O. The van der Waals surface area contributed by atoms with Crippen LogP contribution in [-0.2, 0) is 4.79 Å². The van der Waals surface area contributed by atoms with Gasteiger partial charge in [0.2, 0.25) is 0 Å². The van der Waals surface area contributed by atoms with Crippen molar-refractivity contribution in [3.05, 3.63) is 52.8 Å². The first-order valence-corrected chi connectivity index (χ1v) is 7.69. The maximum absolute atomic E-state index is 11.3. The molecule has 0 bridgehead atoms. The lowest BCUT2D eigenvalue weighted by molar-refractivity contribution is -0.114. The molecule has 0 radical (unpaired) electrons. The molecule has 1 heterocycles. The monoisotopic (exact) mass is 336 g/mol. The van der Waals surface area contributed by atoms with Crippen LogP contribution in [0.1, 0.15) is 16.7 Å². The molecule has 0 atom stereocenters. The van der Waals surface area contributed by atoms with E-state index in [9.17, 15) is 4.79 Å². The number of H-pyrrole nitrogens is 1. The van der Waals surface area contributed by atoms with Crippen LogP contribution < -0.4 is 22.9 Å². The van der Waals surface area contributed by atoms with Crippen molar-refractivity contribution in [1.29, 1.82) is 0 Å². The van der Waals surface area contributed by atoms with Crippen LogP contribution in [0.5, 0.6) is 0 Å². The SMILES string of the molecule is Cc1cc(/C(N)=C(\N)C(N)=O)c(N)c(-c2cc3[nH]ncc3cc2C)c1. The van der Waals surface area contributed by atoms with E-state index in [2.05, 4.69) is 10.2 Å². The summed E-state index contributed by atoms with van der Waals surface area (Å²) in [7, 11) is 0. The lowest BCUT2D eigenvalue weighted by atomic mass is 9.92. The van der Waals surface area contributed by atoms with Gasteiger partial charge in [0.1, 0.15) is 5.70 Å². The molecule has 25 heavy (non-hydrogen) atoms. The standard InChI is InChI=1S/C18H20N6O/c1-8-3-12(11-6-14-10(5-9(11)2)7-23-24-14)15(19)13(4-8)16(20)17(21)18(22)25/h3-7H,19-21H2,1-2H3,(H2,22,25)(H,23,24)/b17-16+. The number of fused-ring (bicyclic) bond motifs is 1. The molecule has 3 aromatic rings. The summed E-state index contributed by atoms with van der Waals surface area (Å²) in [5.41, 5.74) is 28.8. The average molecular weight is 336 g/mol. The number of aromatic amines is 1. The van der Waals surface area contributed by atoms with E-state index in [4.69, 9.17) is 22.9 Å². The number of nitrogens with zero attached hydrogens (tertiary/aromatic N) is 1. The first kappa shape index (κ1) is 16.4. The highest BCUT2D eigenvalue weighted by Crippen LogP contribution is 2.36. The second kappa shape index (κ2) is 5.86. The number of hydrogen-bond donors (Lipinski definition) is 5. The fourth-order valence-electron chi connectivity index (χ4n) is 2.92. The molecule has 0 aliphatic carbocycles. The van der Waals surface area contributed by atoms with Crippen molar-refractivity contribution in [3.8, 4) is 11.1 Å². The Morgan fingerprint density at radius 3 is 2.44 bits per heavy atom. The van der Waals surface area contributed by atoms with Crippen LogP contribution in [0.25, 0.3) is 27.7 Å². The van der Waals surface area contributed by atoms with E-state index in [0.29, 0.717) is 11.3 Å². The molecule has 0 saturated heterocycles. The fourth-order valence-corrected chi connectivity index (χ4v) is 2.92. The van der Waals surface area contributed by atoms with Crippen LogP contribution in [0, 0.1) is 13.8 Å². The highest BCUT2D eigenvalue weighted by molar-refractivity contribution is 6.01. The van der Waals surface area contributed by atoms with E-state index >= 15 is 0 Å². The van der Waals surface area contributed by atoms with Crippen molar-refractivity contribution in [2.24, 2.45) is 17.2 Å². The predicted octanol–water partition coefficient (Wildman–Crippen LogP) is 1.50. The van der Waals surface area contributed by atoms with E-state index in [1.807, 2.05) is 32.0 Å². The van der Waals surface area contributed by atoms with E-state index in [-0.39, 0.29) is 11.4 Å². The Hall–Kier alpha value is -3.48. The topological polar surface area (TPSA) is 150 Å². The van der Waals surface area contributed by atoms with Gasteiger partial charge in [0.15, 0.2) is 0 Å². The highest BCUT2D eigenvalue weighted by Gasteiger charge is 2.16. The molecule has 0 aliphatic rings. The number of rotatable bonds is 3. The highest BCUT2D eigenvalue weighted by atomic mass is 16.1. The Balaban J connectivity index is 2.28. The van der Waals surface area contributed by atoms with Crippen LogP contribution in [0.2, 0.25) is 0 Å². The second-order valence-corrected chi connectivity index (χ2v) is 6.09. The smallest absolute Gasteiger partial charge is 0.266 e. The summed E-state index contributed by atoms with van der Waals surface area (Å²) < 4.78 is 0. The maximum Gasteiger partial charge on any atom is 0.266 e. The molecule has 7 nitrogen and oxygen atoms in total. The van der Waals surface area contributed by atoms with Gasteiger partial charge in [-0.1, -0.05) is 0 Å². The van der Waals surface area contributed by atoms with Gasteiger partial charge in [0.05, 0.1) is 17.4 Å². The Bertz CT molecular complexity index is 1030. The van der Waals surface area contributed by atoms with Gasteiger partial charge in [-0.15, -0.1) is 0 Å². The van der Waals surface area contributed by atoms with Crippen molar-refractivity contribution in [2.45, 2.75) is 13.8 Å². The second-order valence-electron chi connectivity index (χ2n) is 6.09. The molecular weight excluding hydrogens is 316 g/mol. The van der Waals surface area contributed by atoms with Crippen LogP contribution >= 0.6 is 0 Å². The van der Waals surface area contributed by atoms with Gasteiger partial charge in [0.25, 0.3) is 5.91 Å². The van der Waals surface area contributed by atoms with Crippen molar-refractivity contribution < 1.29 is 4.79 Å². The number of nitrogen functional groups attached to an aromatic ring is 1. The Morgan fingerprint density at radius 2 is 1.76 bits per heavy atom. The maximum atomic E-state index is 11.3. The minimum Gasteiger partial charge on any atom is -0.398 e. The third-order valence-corrected chi connectivity index (χ3v) is 4.25. The minimum atomic E-state index is -0.782. The molecule has 0 saturated carbocycles. The van der Waals surface area contributed by atoms with Gasteiger partial charge in [0, 0.05) is 22.2 Å². The van der Waals surface area contributed by atoms with Gasteiger partial charge in [-0.3, -0.25) is 9.89 Å². The number of benzene rings is 2. The zero-order valence-electron chi connectivity index (χ0n) is 14.1. The largest absolute Gasteiger partial charge is 0.398 e. The van der Waals surface area contributed by atoms with Gasteiger partial charge in [-0.2, -0.15) is 5.10 Å². The molecule has 3 rings (SSSR count). The van der Waals surface area contributed by atoms with Crippen molar-refractivity contribution >= 4 is 28.2 Å². The van der Waals surface area contributed by atoms with Crippen molar-refractivity contribution in [3.63, 3.8) is 0 Å². The van der Waals surface area contributed by atoms with E-state index < -0.39 is 5.91 Å². The number of anilines is 1. The molecule has 0 aliphatic heterocycles. The number of carbonyl (C=O) groups excluding carboxylic acids is 1. The summed E-state index contributed by atoms with van der Waals surface area (Å²) >= 11 is 0. The summed E-state index contributed by atoms with van der Waals surface area (Å²) in [6.07, 6.45) is 1.77. The van der Waals surface area contributed by atoms with Gasteiger partial charge in [-0.25, -0.2) is 0 Å². The zero-order valence-corrected chi connectivity index (χ0v) is 14.1. The van der Waals surface area contributed by atoms with E-state index in [0.717, 1.165) is 33.2 Å². The third-order valence-electron chi connectivity index (χ3n) is 4.25. The molecule has 2 aromatic carbocycles. The van der Waals surface area contributed by atoms with Crippen LogP contribution in [-0.4, -0.2) is 16.1 Å². The normalized spacial score (nSPS) is 12.2. The minimum absolute atomic E-state index is 0.0789. The van der Waals surface area contributed by atoms with Crippen LogP contribution in [0.15, 0.2) is 36.2 Å². The molecule has 0 unspecified atom stereocenters.